The van der Waals surface area contributed by atoms with E-state index < -0.39 is 0 Å². The van der Waals surface area contributed by atoms with Crippen molar-refractivity contribution in [1.82, 2.24) is 5.32 Å². The first-order valence-corrected chi connectivity index (χ1v) is 7.32. The molecule has 1 heteroatoms. The fourth-order valence-corrected chi connectivity index (χ4v) is 4.88. The van der Waals surface area contributed by atoms with E-state index in [0.717, 1.165) is 12.5 Å². The molecule has 1 aromatic rings. The minimum absolute atomic E-state index is 0.309. The van der Waals surface area contributed by atoms with E-state index in [-0.39, 0.29) is 0 Å². The molecule has 3 atom stereocenters. The standard InChI is InChI=1S/C17H21N/c1-12-5-4-8-15-16-11-13-6-2-3-7-14(13)17(12,15)9-10-18-16/h2-3,6-7,15-16,18H,1,4-5,8-11H2/t15-,16+,17+/m0/s1. The molecule has 1 aromatic carbocycles. The van der Waals surface area contributed by atoms with Crippen LogP contribution in [0.25, 0.3) is 0 Å². The zero-order valence-electron chi connectivity index (χ0n) is 10.9. The number of nitrogens with one attached hydrogen (secondary N) is 1. The van der Waals surface area contributed by atoms with Gasteiger partial charge in [0.25, 0.3) is 0 Å². The highest BCUT2D eigenvalue weighted by Gasteiger charge is 2.52. The van der Waals surface area contributed by atoms with Crippen LogP contribution >= 0.6 is 0 Å². The van der Waals surface area contributed by atoms with Crippen LogP contribution in [0.2, 0.25) is 0 Å². The third kappa shape index (κ3) is 1.21. The summed E-state index contributed by atoms with van der Waals surface area (Å²) in [7, 11) is 0. The van der Waals surface area contributed by atoms with Crippen molar-refractivity contribution in [1.29, 1.82) is 0 Å². The van der Waals surface area contributed by atoms with Crippen molar-refractivity contribution in [3.8, 4) is 0 Å². The van der Waals surface area contributed by atoms with E-state index in [1.807, 2.05) is 0 Å². The molecule has 4 rings (SSSR count). The van der Waals surface area contributed by atoms with Crippen molar-refractivity contribution in [2.75, 3.05) is 6.54 Å². The maximum absolute atomic E-state index is 4.48. The first-order valence-electron chi connectivity index (χ1n) is 7.32. The Morgan fingerprint density at radius 1 is 1.28 bits per heavy atom. The smallest absolute Gasteiger partial charge is 0.0217 e. The largest absolute Gasteiger partial charge is 0.313 e. The highest BCUT2D eigenvalue weighted by atomic mass is 15.0. The first kappa shape index (κ1) is 10.8. The zero-order valence-corrected chi connectivity index (χ0v) is 10.9. The topological polar surface area (TPSA) is 12.0 Å². The number of rotatable bonds is 0. The van der Waals surface area contributed by atoms with Gasteiger partial charge in [-0.3, -0.25) is 0 Å². The predicted molar refractivity (Wildman–Crippen MR) is 74.7 cm³/mol. The number of fused-ring (bicyclic) bond motifs is 1. The van der Waals surface area contributed by atoms with Crippen LogP contribution in [0.4, 0.5) is 0 Å². The Morgan fingerprint density at radius 2 is 2.17 bits per heavy atom. The van der Waals surface area contributed by atoms with Crippen LogP contribution in [0.3, 0.4) is 0 Å². The molecule has 2 aliphatic carbocycles. The van der Waals surface area contributed by atoms with Crippen molar-refractivity contribution in [3.63, 3.8) is 0 Å². The summed E-state index contributed by atoms with van der Waals surface area (Å²) in [5, 5.41) is 3.76. The Hall–Kier alpha value is -1.08. The average molecular weight is 239 g/mol. The normalized spacial score (nSPS) is 37.9. The molecule has 1 N–H and O–H groups in total. The van der Waals surface area contributed by atoms with Crippen LogP contribution in [0.1, 0.15) is 36.8 Å². The summed E-state index contributed by atoms with van der Waals surface area (Å²) in [5.41, 5.74) is 4.99. The molecular weight excluding hydrogens is 218 g/mol. The molecule has 3 aliphatic rings. The second kappa shape index (κ2) is 3.71. The summed E-state index contributed by atoms with van der Waals surface area (Å²) in [6.45, 7) is 5.64. The number of hydrogen-bond acceptors (Lipinski definition) is 1. The SMILES string of the molecule is C=C1CCC[C@H]2[C@H]3Cc4ccccc4[C@@]12CCN3. The first-order chi connectivity index (χ1) is 8.82. The molecule has 94 valence electrons. The Morgan fingerprint density at radius 3 is 3.11 bits per heavy atom. The molecule has 1 saturated carbocycles. The third-order valence-corrected chi connectivity index (χ3v) is 5.61. The van der Waals surface area contributed by atoms with Gasteiger partial charge in [-0.2, -0.15) is 0 Å². The summed E-state index contributed by atoms with van der Waals surface area (Å²) < 4.78 is 0. The second-order valence-corrected chi connectivity index (χ2v) is 6.25. The summed E-state index contributed by atoms with van der Waals surface area (Å²) in [5.74, 6) is 0.794. The van der Waals surface area contributed by atoms with Gasteiger partial charge in [-0.15, -0.1) is 0 Å². The quantitative estimate of drug-likeness (QED) is 0.686. The molecule has 1 heterocycles. The maximum Gasteiger partial charge on any atom is 0.0217 e. The van der Waals surface area contributed by atoms with E-state index in [4.69, 9.17) is 0 Å². The van der Waals surface area contributed by atoms with Gasteiger partial charge in [0.15, 0.2) is 0 Å². The van der Waals surface area contributed by atoms with Gasteiger partial charge < -0.3 is 5.32 Å². The molecule has 0 unspecified atom stereocenters. The molecule has 1 aliphatic heterocycles. The lowest BCUT2D eigenvalue weighted by atomic mass is 9.51. The van der Waals surface area contributed by atoms with E-state index >= 15 is 0 Å². The van der Waals surface area contributed by atoms with Gasteiger partial charge in [0.2, 0.25) is 0 Å². The van der Waals surface area contributed by atoms with E-state index in [0.29, 0.717) is 11.5 Å². The van der Waals surface area contributed by atoms with Crippen LogP contribution < -0.4 is 5.32 Å². The monoisotopic (exact) mass is 239 g/mol. The number of hydrogen-bond donors (Lipinski definition) is 1. The Labute approximate surface area is 109 Å². The van der Waals surface area contributed by atoms with E-state index in [1.165, 1.54) is 37.7 Å². The fourth-order valence-electron chi connectivity index (χ4n) is 4.88. The molecule has 0 aromatic heterocycles. The molecule has 1 saturated heterocycles. The second-order valence-electron chi connectivity index (χ2n) is 6.25. The van der Waals surface area contributed by atoms with Gasteiger partial charge in [-0.1, -0.05) is 36.4 Å². The lowest BCUT2D eigenvalue weighted by molar-refractivity contribution is 0.123. The van der Waals surface area contributed by atoms with Crippen molar-refractivity contribution >= 4 is 0 Å². The summed E-state index contributed by atoms with van der Waals surface area (Å²) >= 11 is 0. The van der Waals surface area contributed by atoms with Crippen LogP contribution in [-0.4, -0.2) is 12.6 Å². The average Bonchev–Trinajstić information content (AvgIpc) is 2.39. The summed E-state index contributed by atoms with van der Waals surface area (Å²) in [6, 6.07) is 9.80. The fraction of sp³-hybridized carbons (Fsp3) is 0.529. The molecular formula is C17H21N. The van der Waals surface area contributed by atoms with E-state index in [9.17, 15) is 0 Å². The van der Waals surface area contributed by atoms with E-state index in [2.05, 4.69) is 36.2 Å². The number of allylic oxidation sites excluding steroid dienone is 1. The zero-order chi connectivity index (χ0) is 12.2. The van der Waals surface area contributed by atoms with Gasteiger partial charge in [-0.25, -0.2) is 0 Å². The third-order valence-electron chi connectivity index (χ3n) is 5.61. The maximum atomic E-state index is 4.48. The molecule has 2 fully saturated rings. The van der Waals surface area contributed by atoms with Crippen molar-refractivity contribution in [3.05, 3.63) is 47.5 Å². The molecule has 18 heavy (non-hydrogen) atoms. The molecule has 0 amide bonds. The van der Waals surface area contributed by atoms with Gasteiger partial charge >= 0.3 is 0 Å². The minimum atomic E-state index is 0.309. The molecule has 1 nitrogen and oxygen atoms in total. The minimum Gasteiger partial charge on any atom is -0.313 e. The van der Waals surface area contributed by atoms with Crippen LogP contribution in [-0.2, 0) is 11.8 Å². The Bertz CT molecular complexity index is 504. The highest BCUT2D eigenvalue weighted by molar-refractivity contribution is 5.47. The van der Waals surface area contributed by atoms with Gasteiger partial charge in [0, 0.05) is 11.5 Å². The van der Waals surface area contributed by atoms with E-state index in [1.54, 1.807) is 11.1 Å². The summed E-state index contributed by atoms with van der Waals surface area (Å²) in [4.78, 5) is 0. The molecule has 0 radical (unpaired) electrons. The predicted octanol–water partition coefficient (Wildman–Crippen LogP) is 3.20. The molecule has 2 bridgehead atoms. The van der Waals surface area contributed by atoms with Gasteiger partial charge in [0.05, 0.1) is 0 Å². The van der Waals surface area contributed by atoms with Gasteiger partial charge in [-0.05, 0) is 55.7 Å². The van der Waals surface area contributed by atoms with Crippen LogP contribution in [0, 0.1) is 5.92 Å². The number of benzene rings is 1. The van der Waals surface area contributed by atoms with Crippen molar-refractivity contribution in [2.24, 2.45) is 5.92 Å². The van der Waals surface area contributed by atoms with Crippen LogP contribution in [0.5, 0.6) is 0 Å². The van der Waals surface area contributed by atoms with Crippen LogP contribution in [0.15, 0.2) is 36.4 Å². The highest BCUT2D eigenvalue weighted by Crippen LogP contribution is 2.55. The van der Waals surface area contributed by atoms with Crippen molar-refractivity contribution in [2.45, 2.75) is 43.6 Å². The lowest BCUT2D eigenvalue weighted by Gasteiger charge is -2.56. The molecule has 0 spiro atoms. The van der Waals surface area contributed by atoms with Gasteiger partial charge in [0.1, 0.15) is 0 Å². The Balaban J connectivity index is 1.96. The summed E-state index contributed by atoms with van der Waals surface area (Å²) in [6.07, 6.45) is 6.42. The van der Waals surface area contributed by atoms with Crippen molar-refractivity contribution < 1.29 is 0 Å². The Kier molecular flexibility index (Phi) is 2.23. The number of piperidine rings is 1. The lowest BCUT2D eigenvalue weighted by Crippen LogP contribution is -2.60.